The number of halogens is 1. The molecule has 3 aromatic rings. The fraction of sp³-hybridized carbons (Fsp3) is 0.200. The van der Waals surface area contributed by atoms with Crippen LogP contribution < -0.4 is 14.8 Å². The Hall–Kier alpha value is -3.67. The molecule has 0 bridgehead atoms. The summed E-state index contributed by atoms with van der Waals surface area (Å²) in [5.41, 5.74) is 2.79. The summed E-state index contributed by atoms with van der Waals surface area (Å²) in [4.78, 5) is 24.7. The summed E-state index contributed by atoms with van der Waals surface area (Å²) in [6.45, 7) is 2.05. The highest BCUT2D eigenvalue weighted by Gasteiger charge is 2.32. The molecular formula is C25H22FNO4. The summed E-state index contributed by atoms with van der Waals surface area (Å²) in [5.74, 6) is 0.274. The van der Waals surface area contributed by atoms with Gasteiger partial charge in [-0.2, -0.15) is 0 Å². The summed E-state index contributed by atoms with van der Waals surface area (Å²) < 4.78 is 25.1. The van der Waals surface area contributed by atoms with Gasteiger partial charge in [-0.15, -0.1) is 0 Å². The zero-order chi connectivity index (χ0) is 22.0. The van der Waals surface area contributed by atoms with E-state index in [1.807, 2.05) is 6.92 Å². The maximum atomic E-state index is 14.1. The Kier molecular flexibility index (Phi) is 5.71. The molecule has 0 saturated heterocycles. The number of ketones is 1. The smallest absolute Gasteiger partial charge is 0.255 e. The van der Waals surface area contributed by atoms with Gasteiger partial charge in [0.05, 0.1) is 12.7 Å². The number of hydrogen-bond acceptors (Lipinski definition) is 4. The van der Waals surface area contributed by atoms with Crippen LogP contribution in [0.3, 0.4) is 0 Å². The molecule has 1 aliphatic rings. The number of fused-ring (bicyclic) bond motifs is 1. The molecule has 0 unspecified atom stereocenters. The lowest BCUT2D eigenvalue weighted by Gasteiger charge is -2.12. The molecule has 0 spiro atoms. The lowest BCUT2D eigenvalue weighted by molar-refractivity contribution is 0.0984. The van der Waals surface area contributed by atoms with Gasteiger partial charge in [0.2, 0.25) is 0 Å². The monoisotopic (exact) mass is 419 g/mol. The number of hydrogen-bond donors (Lipinski definition) is 1. The Labute approximate surface area is 179 Å². The van der Waals surface area contributed by atoms with Gasteiger partial charge in [-0.05, 0) is 60.0 Å². The van der Waals surface area contributed by atoms with E-state index in [0.29, 0.717) is 40.3 Å². The Balaban J connectivity index is 1.41. The third-order valence-corrected chi connectivity index (χ3v) is 5.38. The van der Waals surface area contributed by atoms with Gasteiger partial charge in [-0.1, -0.05) is 19.1 Å². The van der Waals surface area contributed by atoms with Crippen molar-refractivity contribution in [2.24, 2.45) is 0 Å². The fourth-order valence-electron chi connectivity index (χ4n) is 3.74. The Morgan fingerprint density at radius 1 is 1.06 bits per heavy atom. The summed E-state index contributed by atoms with van der Waals surface area (Å²) in [7, 11) is 1.58. The van der Waals surface area contributed by atoms with E-state index in [9.17, 15) is 14.0 Å². The molecule has 4 rings (SSSR count). The van der Waals surface area contributed by atoms with Crippen LogP contribution >= 0.6 is 0 Å². The van der Waals surface area contributed by atoms with Gasteiger partial charge >= 0.3 is 0 Å². The van der Waals surface area contributed by atoms with Crippen LogP contribution in [0.1, 0.15) is 51.1 Å². The van der Waals surface area contributed by atoms with Gasteiger partial charge in [-0.25, -0.2) is 4.39 Å². The van der Waals surface area contributed by atoms with Crippen molar-refractivity contribution < 1.29 is 23.5 Å². The summed E-state index contributed by atoms with van der Waals surface area (Å²) >= 11 is 0. The predicted molar refractivity (Wildman–Crippen MR) is 115 cm³/mol. The van der Waals surface area contributed by atoms with Gasteiger partial charge < -0.3 is 14.8 Å². The van der Waals surface area contributed by atoms with Crippen LogP contribution in [0, 0.1) is 5.82 Å². The lowest BCUT2D eigenvalue weighted by atomic mass is 10.0. The summed E-state index contributed by atoms with van der Waals surface area (Å²) in [5, 5.41) is 2.83. The number of ether oxygens (including phenoxy) is 2. The van der Waals surface area contributed by atoms with E-state index in [1.54, 1.807) is 55.6 Å². The maximum absolute atomic E-state index is 14.1. The molecule has 1 atom stereocenters. The van der Waals surface area contributed by atoms with Crippen LogP contribution in [-0.4, -0.2) is 18.8 Å². The van der Waals surface area contributed by atoms with E-state index in [-0.39, 0.29) is 30.0 Å². The van der Waals surface area contributed by atoms with Crippen LogP contribution in [0.4, 0.5) is 10.1 Å². The molecule has 158 valence electrons. The highest BCUT2D eigenvalue weighted by Crippen LogP contribution is 2.40. The number of carbonyl (C=O) groups excluding carboxylic acids is 2. The van der Waals surface area contributed by atoms with E-state index in [4.69, 9.17) is 9.47 Å². The van der Waals surface area contributed by atoms with Crippen LogP contribution in [0.15, 0.2) is 60.7 Å². The van der Waals surface area contributed by atoms with E-state index in [2.05, 4.69) is 5.32 Å². The average molecular weight is 419 g/mol. The van der Waals surface area contributed by atoms with E-state index < -0.39 is 0 Å². The van der Waals surface area contributed by atoms with Crippen LogP contribution in [0.25, 0.3) is 0 Å². The molecule has 1 amide bonds. The molecule has 1 N–H and O–H groups in total. The Bertz CT molecular complexity index is 1120. The minimum absolute atomic E-state index is 0.0949. The van der Waals surface area contributed by atoms with Crippen molar-refractivity contribution in [1.29, 1.82) is 0 Å². The van der Waals surface area contributed by atoms with E-state index >= 15 is 0 Å². The molecular weight excluding hydrogens is 397 g/mol. The van der Waals surface area contributed by atoms with Crippen LogP contribution in [0.5, 0.6) is 11.5 Å². The molecule has 0 aliphatic heterocycles. The van der Waals surface area contributed by atoms with Gasteiger partial charge in [0.15, 0.2) is 5.78 Å². The molecule has 1 aliphatic carbocycles. The summed E-state index contributed by atoms with van der Waals surface area (Å²) in [6, 6.07) is 16.9. The van der Waals surface area contributed by atoms with Gasteiger partial charge in [0, 0.05) is 23.2 Å². The predicted octanol–water partition coefficient (Wildman–Crippen LogP) is 5.36. The molecule has 31 heavy (non-hydrogen) atoms. The number of rotatable bonds is 6. The largest absolute Gasteiger partial charge is 0.497 e. The van der Waals surface area contributed by atoms with Gasteiger partial charge in [0.1, 0.15) is 23.9 Å². The molecule has 6 heteroatoms. The van der Waals surface area contributed by atoms with Crippen molar-refractivity contribution in [3.63, 3.8) is 0 Å². The van der Waals surface area contributed by atoms with Crippen molar-refractivity contribution in [2.75, 3.05) is 12.4 Å². The SMILES string of the molecule is COc1ccc(NC(=O)c2ccc(COc3ccc(F)c4c3C(=O)C[C@@H]4C)cc2)cc1. The second kappa shape index (κ2) is 8.60. The Morgan fingerprint density at radius 3 is 2.45 bits per heavy atom. The fourth-order valence-corrected chi connectivity index (χ4v) is 3.74. The zero-order valence-corrected chi connectivity index (χ0v) is 17.3. The van der Waals surface area contributed by atoms with Gasteiger partial charge in [0.25, 0.3) is 5.91 Å². The van der Waals surface area contributed by atoms with E-state index in [1.165, 1.54) is 12.1 Å². The molecule has 0 heterocycles. The second-order valence-electron chi connectivity index (χ2n) is 7.53. The first-order chi connectivity index (χ1) is 15.0. The first-order valence-electron chi connectivity index (χ1n) is 9.99. The lowest BCUT2D eigenvalue weighted by Crippen LogP contribution is -2.12. The third-order valence-electron chi connectivity index (χ3n) is 5.38. The van der Waals surface area contributed by atoms with E-state index in [0.717, 1.165) is 5.56 Å². The number of anilines is 1. The molecule has 0 aromatic heterocycles. The van der Waals surface area contributed by atoms with Crippen molar-refractivity contribution in [3.8, 4) is 11.5 Å². The highest BCUT2D eigenvalue weighted by atomic mass is 19.1. The molecule has 0 saturated carbocycles. The van der Waals surface area contributed by atoms with Gasteiger partial charge in [-0.3, -0.25) is 9.59 Å². The first kappa shape index (κ1) is 20.6. The number of carbonyl (C=O) groups is 2. The van der Waals surface area contributed by atoms with Crippen molar-refractivity contribution in [1.82, 2.24) is 0 Å². The minimum Gasteiger partial charge on any atom is -0.497 e. The normalized spacial score (nSPS) is 14.8. The number of amides is 1. The zero-order valence-electron chi connectivity index (χ0n) is 17.3. The Morgan fingerprint density at radius 2 is 1.77 bits per heavy atom. The van der Waals surface area contributed by atoms with Crippen LogP contribution in [-0.2, 0) is 6.61 Å². The van der Waals surface area contributed by atoms with Crippen LogP contribution in [0.2, 0.25) is 0 Å². The van der Waals surface area contributed by atoms with Crippen molar-refractivity contribution >= 4 is 17.4 Å². The highest BCUT2D eigenvalue weighted by molar-refractivity contribution is 6.04. The number of methoxy groups -OCH3 is 1. The minimum atomic E-state index is -0.368. The number of benzene rings is 3. The molecule has 5 nitrogen and oxygen atoms in total. The molecule has 0 radical (unpaired) electrons. The molecule has 0 fully saturated rings. The average Bonchev–Trinajstić information content (AvgIpc) is 3.09. The first-order valence-corrected chi connectivity index (χ1v) is 9.99. The van der Waals surface area contributed by atoms with Crippen molar-refractivity contribution in [3.05, 3.63) is 88.7 Å². The maximum Gasteiger partial charge on any atom is 0.255 e. The standard InChI is InChI=1S/C25H22FNO4/c1-15-13-21(28)24-22(12-11-20(26)23(15)24)31-14-16-3-5-17(6-4-16)25(29)27-18-7-9-19(30-2)10-8-18/h3-12,15H,13-14H2,1-2H3,(H,27,29)/t15-/m0/s1. The number of Topliss-reactive ketones (excluding diaryl/α,β-unsaturated/α-hetero) is 1. The molecule has 3 aromatic carbocycles. The number of nitrogens with one attached hydrogen (secondary N) is 1. The topological polar surface area (TPSA) is 64.6 Å². The van der Waals surface area contributed by atoms with Crippen molar-refractivity contribution in [2.45, 2.75) is 25.9 Å². The third kappa shape index (κ3) is 4.28. The quantitative estimate of drug-likeness (QED) is 0.585. The second-order valence-corrected chi connectivity index (χ2v) is 7.53. The summed E-state index contributed by atoms with van der Waals surface area (Å²) in [6.07, 6.45) is 0.296.